The van der Waals surface area contributed by atoms with E-state index in [0.29, 0.717) is 6.54 Å². The molecule has 1 aliphatic rings. The Hall–Kier alpha value is -1.36. The van der Waals surface area contributed by atoms with Crippen molar-refractivity contribution in [3.63, 3.8) is 0 Å². The van der Waals surface area contributed by atoms with E-state index < -0.39 is 6.10 Å². The van der Waals surface area contributed by atoms with E-state index in [1.165, 1.54) is 16.5 Å². The molecular formula is C17H24N2O2. The smallest absolute Gasteiger partial charge is 0.0717 e. The Balaban J connectivity index is 1.78. The minimum atomic E-state index is -0.414. The van der Waals surface area contributed by atoms with E-state index >= 15 is 0 Å². The lowest BCUT2D eigenvalue weighted by atomic mass is 9.94. The fourth-order valence-corrected chi connectivity index (χ4v) is 3.34. The summed E-state index contributed by atoms with van der Waals surface area (Å²) in [6.07, 6.45) is 2.59. The van der Waals surface area contributed by atoms with Crippen molar-refractivity contribution in [3.05, 3.63) is 36.0 Å². The molecule has 4 nitrogen and oxygen atoms in total. The maximum atomic E-state index is 10.1. The van der Waals surface area contributed by atoms with Gasteiger partial charge in [-0.05, 0) is 37.6 Å². The van der Waals surface area contributed by atoms with Crippen LogP contribution in [0.1, 0.15) is 18.9 Å². The predicted molar refractivity (Wildman–Crippen MR) is 84.1 cm³/mol. The van der Waals surface area contributed by atoms with Crippen LogP contribution in [-0.2, 0) is 13.1 Å². The molecule has 1 aromatic carbocycles. The van der Waals surface area contributed by atoms with E-state index in [4.69, 9.17) is 0 Å². The van der Waals surface area contributed by atoms with Gasteiger partial charge >= 0.3 is 0 Å². The Bertz CT molecular complexity index is 608. The number of piperidine rings is 1. The number of rotatable bonds is 4. The molecule has 1 saturated heterocycles. The second-order valence-corrected chi connectivity index (χ2v) is 5.99. The van der Waals surface area contributed by atoms with Crippen molar-refractivity contribution in [1.29, 1.82) is 0 Å². The zero-order valence-electron chi connectivity index (χ0n) is 12.6. The van der Waals surface area contributed by atoms with Gasteiger partial charge in [-0.1, -0.05) is 12.1 Å². The summed E-state index contributed by atoms with van der Waals surface area (Å²) in [5.41, 5.74) is 2.59. The quantitative estimate of drug-likeness (QED) is 0.902. The third-order valence-corrected chi connectivity index (χ3v) is 4.68. The first-order valence-electron chi connectivity index (χ1n) is 7.81. The van der Waals surface area contributed by atoms with Gasteiger partial charge in [-0.3, -0.25) is 4.90 Å². The molecule has 1 fully saturated rings. The zero-order valence-corrected chi connectivity index (χ0v) is 12.6. The van der Waals surface area contributed by atoms with Crippen LogP contribution in [0.5, 0.6) is 0 Å². The van der Waals surface area contributed by atoms with Crippen molar-refractivity contribution in [1.82, 2.24) is 9.47 Å². The number of nitrogens with zero attached hydrogens (tertiary/aromatic N) is 2. The first-order chi connectivity index (χ1) is 10.2. The van der Waals surface area contributed by atoms with Crippen molar-refractivity contribution >= 4 is 10.9 Å². The third-order valence-electron chi connectivity index (χ3n) is 4.68. The zero-order chi connectivity index (χ0) is 14.8. The highest BCUT2D eigenvalue weighted by Gasteiger charge is 2.27. The monoisotopic (exact) mass is 288 g/mol. The molecule has 0 amide bonds. The van der Waals surface area contributed by atoms with Gasteiger partial charge < -0.3 is 14.8 Å². The van der Waals surface area contributed by atoms with Crippen LogP contribution in [0.3, 0.4) is 0 Å². The van der Waals surface area contributed by atoms with Gasteiger partial charge in [0.2, 0.25) is 0 Å². The average Bonchev–Trinajstić information content (AvgIpc) is 2.92. The van der Waals surface area contributed by atoms with Crippen molar-refractivity contribution in [3.8, 4) is 0 Å². The van der Waals surface area contributed by atoms with E-state index in [2.05, 4.69) is 46.9 Å². The Morgan fingerprint density at radius 1 is 1.29 bits per heavy atom. The van der Waals surface area contributed by atoms with Gasteiger partial charge in [0.25, 0.3) is 0 Å². The highest BCUT2D eigenvalue weighted by molar-refractivity contribution is 5.83. The van der Waals surface area contributed by atoms with E-state index in [0.717, 1.165) is 26.1 Å². The number of β-amino-alcohol motifs (C(OH)–C–C–N with tert-alkyl or cyclic N) is 1. The molecule has 0 unspecified atom stereocenters. The van der Waals surface area contributed by atoms with Crippen molar-refractivity contribution in [2.24, 2.45) is 5.92 Å². The fourth-order valence-electron chi connectivity index (χ4n) is 3.34. The van der Waals surface area contributed by atoms with Crippen molar-refractivity contribution in [2.45, 2.75) is 32.5 Å². The molecule has 1 aliphatic heterocycles. The number of fused-ring (bicyclic) bond motifs is 1. The number of aliphatic hydroxyl groups is 2. The van der Waals surface area contributed by atoms with Crippen LogP contribution in [-0.4, -0.2) is 45.5 Å². The van der Waals surface area contributed by atoms with Gasteiger partial charge in [0.1, 0.15) is 0 Å². The first-order valence-corrected chi connectivity index (χ1v) is 7.81. The van der Waals surface area contributed by atoms with Crippen LogP contribution in [0.15, 0.2) is 30.5 Å². The molecule has 2 N–H and O–H groups in total. The van der Waals surface area contributed by atoms with Crippen LogP contribution in [0.2, 0.25) is 0 Å². The topological polar surface area (TPSA) is 48.6 Å². The standard InChI is InChI=1S/C17H24N2O2/c1-2-19-9-7-15-13(4-3-5-16(15)19)10-18-8-6-14(12-20)17(21)11-18/h3-5,7,9,14,17,20-21H,2,6,8,10-12H2,1H3/t14-,17-/m1/s1. The SMILES string of the molecule is CCn1ccc2c(CN3CC[C@H](CO)[C@H](O)C3)cccc21. The number of benzene rings is 1. The minimum absolute atomic E-state index is 0.0400. The summed E-state index contributed by atoms with van der Waals surface area (Å²) in [7, 11) is 0. The Morgan fingerprint density at radius 2 is 2.14 bits per heavy atom. The van der Waals surface area contributed by atoms with E-state index in [9.17, 15) is 10.2 Å². The highest BCUT2D eigenvalue weighted by Crippen LogP contribution is 2.24. The molecule has 2 aromatic rings. The number of hydrogen-bond donors (Lipinski definition) is 2. The van der Waals surface area contributed by atoms with Gasteiger partial charge in [-0.25, -0.2) is 0 Å². The number of aryl methyl sites for hydroxylation is 1. The van der Waals surface area contributed by atoms with Crippen LogP contribution in [0.25, 0.3) is 10.9 Å². The second kappa shape index (κ2) is 6.18. The number of aromatic nitrogens is 1. The lowest BCUT2D eigenvalue weighted by Crippen LogP contribution is -2.44. The second-order valence-electron chi connectivity index (χ2n) is 5.99. The maximum Gasteiger partial charge on any atom is 0.0717 e. The van der Waals surface area contributed by atoms with Crippen LogP contribution in [0, 0.1) is 5.92 Å². The first kappa shape index (κ1) is 14.6. The van der Waals surface area contributed by atoms with E-state index in [-0.39, 0.29) is 12.5 Å². The third kappa shape index (κ3) is 2.84. The summed E-state index contributed by atoms with van der Waals surface area (Å²) in [4.78, 5) is 2.29. The predicted octanol–water partition coefficient (Wildman–Crippen LogP) is 1.84. The summed E-state index contributed by atoms with van der Waals surface area (Å²) in [6.45, 7) is 5.67. The van der Waals surface area contributed by atoms with Crippen molar-refractivity contribution < 1.29 is 10.2 Å². The number of likely N-dealkylation sites (tertiary alicyclic amines) is 1. The molecule has 0 spiro atoms. The van der Waals surface area contributed by atoms with Crippen LogP contribution < -0.4 is 0 Å². The molecule has 114 valence electrons. The molecule has 3 rings (SSSR count). The molecule has 1 aromatic heterocycles. The summed E-state index contributed by atoms with van der Waals surface area (Å²) in [5.74, 6) is 0.0400. The molecule has 2 atom stereocenters. The maximum absolute atomic E-state index is 10.1. The lowest BCUT2D eigenvalue weighted by Gasteiger charge is -2.35. The fraction of sp³-hybridized carbons (Fsp3) is 0.529. The molecule has 0 bridgehead atoms. The average molecular weight is 288 g/mol. The van der Waals surface area contributed by atoms with Gasteiger partial charge in [0.05, 0.1) is 6.10 Å². The van der Waals surface area contributed by atoms with E-state index in [1.807, 2.05) is 0 Å². The molecule has 4 heteroatoms. The minimum Gasteiger partial charge on any atom is -0.396 e. The molecular weight excluding hydrogens is 264 g/mol. The van der Waals surface area contributed by atoms with Crippen LogP contribution >= 0.6 is 0 Å². The molecule has 0 aliphatic carbocycles. The molecule has 0 radical (unpaired) electrons. The van der Waals surface area contributed by atoms with Crippen LogP contribution in [0.4, 0.5) is 0 Å². The Morgan fingerprint density at radius 3 is 2.86 bits per heavy atom. The lowest BCUT2D eigenvalue weighted by molar-refractivity contribution is -0.00432. The molecule has 0 saturated carbocycles. The number of hydrogen-bond acceptors (Lipinski definition) is 3. The summed E-state index contributed by atoms with van der Waals surface area (Å²) in [5, 5.41) is 20.6. The summed E-state index contributed by atoms with van der Waals surface area (Å²) in [6, 6.07) is 8.63. The van der Waals surface area contributed by atoms with Gasteiger partial charge in [0.15, 0.2) is 0 Å². The van der Waals surface area contributed by atoms with Gasteiger partial charge in [-0.2, -0.15) is 0 Å². The molecule has 21 heavy (non-hydrogen) atoms. The normalized spacial score (nSPS) is 23.8. The highest BCUT2D eigenvalue weighted by atomic mass is 16.3. The van der Waals surface area contributed by atoms with E-state index in [1.54, 1.807) is 0 Å². The molecule has 2 heterocycles. The summed E-state index contributed by atoms with van der Waals surface area (Å²) < 4.78 is 2.26. The number of aliphatic hydroxyl groups excluding tert-OH is 2. The Kier molecular flexibility index (Phi) is 4.29. The van der Waals surface area contributed by atoms with Crippen molar-refractivity contribution in [2.75, 3.05) is 19.7 Å². The Labute approximate surface area is 125 Å². The largest absolute Gasteiger partial charge is 0.396 e. The summed E-state index contributed by atoms with van der Waals surface area (Å²) >= 11 is 0. The van der Waals surface area contributed by atoms with Gasteiger partial charge in [-0.15, -0.1) is 0 Å². The van der Waals surface area contributed by atoms with Gasteiger partial charge in [0, 0.05) is 49.3 Å².